The standard InChI is InChI=1S/C14H22N4S/c19-14(18-12-6-2-1-3-7-12)17-11-10-16-13-8-4-5-9-15-13/h4-5,8-9,12H,1-3,6-7,10-11H2,(H,15,16)(H2,17,18,19). The van der Waals surface area contributed by atoms with E-state index in [0.717, 1.165) is 24.0 Å². The molecule has 1 aromatic heterocycles. The Hall–Kier alpha value is -1.36. The van der Waals surface area contributed by atoms with Gasteiger partial charge in [0.25, 0.3) is 0 Å². The van der Waals surface area contributed by atoms with Crippen LogP contribution in [-0.2, 0) is 0 Å². The molecule has 1 aliphatic carbocycles. The van der Waals surface area contributed by atoms with Gasteiger partial charge in [0.1, 0.15) is 5.82 Å². The van der Waals surface area contributed by atoms with Gasteiger partial charge in [-0.1, -0.05) is 25.3 Å². The minimum atomic E-state index is 0.567. The molecule has 0 saturated heterocycles. The second kappa shape index (κ2) is 7.94. The first kappa shape index (κ1) is 14.1. The van der Waals surface area contributed by atoms with Gasteiger partial charge in [0, 0.05) is 25.3 Å². The van der Waals surface area contributed by atoms with Crippen molar-refractivity contribution in [2.45, 2.75) is 38.1 Å². The lowest BCUT2D eigenvalue weighted by atomic mass is 9.96. The van der Waals surface area contributed by atoms with Crippen molar-refractivity contribution in [3.63, 3.8) is 0 Å². The summed E-state index contributed by atoms with van der Waals surface area (Å²) < 4.78 is 0. The molecule has 1 aromatic rings. The summed E-state index contributed by atoms with van der Waals surface area (Å²) in [5.41, 5.74) is 0. The third-order valence-corrected chi connectivity index (χ3v) is 3.58. The van der Waals surface area contributed by atoms with E-state index in [1.165, 1.54) is 32.1 Å². The van der Waals surface area contributed by atoms with E-state index < -0.39 is 0 Å². The topological polar surface area (TPSA) is 49.0 Å². The molecule has 19 heavy (non-hydrogen) atoms. The predicted molar refractivity (Wildman–Crippen MR) is 83.3 cm³/mol. The van der Waals surface area contributed by atoms with E-state index in [9.17, 15) is 0 Å². The number of nitrogens with one attached hydrogen (secondary N) is 3. The summed E-state index contributed by atoms with van der Waals surface area (Å²) in [5, 5.41) is 10.6. The highest BCUT2D eigenvalue weighted by atomic mass is 32.1. The van der Waals surface area contributed by atoms with Crippen LogP contribution in [0.3, 0.4) is 0 Å². The maximum atomic E-state index is 5.30. The van der Waals surface area contributed by atoms with Gasteiger partial charge in [0.2, 0.25) is 0 Å². The zero-order chi connectivity index (χ0) is 13.3. The van der Waals surface area contributed by atoms with Crippen molar-refractivity contribution in [2.75, 3.05) is 18.4 Å². The highest BCUT2D eigenvalue weighted by Crippen LogP contribution is 2.17. The van der Waals surface area contributed by atoms with Crippen LogP contribution < -0.4 is 16.0 Å². The van der Waals surface area contributed by atoms with E-state index in [0.29, 0.717) is 6.04 Å². The molecule has 4 nitrogen and oxygen atoms in total. The van der Waals surface area contributed by atoms with Crippen LogP contribution in [0.25, 0.3) is 0 Å². The van der Waals surface area contributed by atoms with Crippen molar-refractivity contribution < 1.29 is 0 Å². The molecular weight excluding hydrogens is 256 g/mol. The zero-order valence-electron chi connectivity index (χ0n) is 11.2. The smallest absolute Gasteiger partial charge is 0.166 e. The van der Waals surface area contributed by atoms with Crippen LogP contribution in [0.4, 0.5) is 5.82 Å². The average molecular weight is 278 g/mol. The number of aromatic nitrogens is 1. The number of hydrogen-bond donors (Lipinski definition) is 3. The van der Waals surface area contributed by atoms with Crippen molar-refractivity contribution in [2.24, 2.45) is 0 Å². The first-order valence-corrected chi connectivity index (χ1v) is 7.45. The van der Waals surface area contributed by atoms with Gasteiger partial charge in [-0.25, -0.2) is 4.98 Å². The van der Waals surface area contributed by atoms with Gasteiger partial charge in [-0.3, -0.25) is 0 Å². The van der Waals surface area contributed by atoms with E-state index in [4.69, 9.17) is 12.2 Å². The maximum Gasteiger partial charge on any atom is 0.166 e. The normalized spacial score (nSPS) is 15.8. The molecule has 0 spiro atoms. The Bertz CT molecular complexity index is 376. The van der Waals surface area contributed by atoms with E-state index in [1.54, 1.807) is 6.20 Å². The summed E-state index contributed by atoms with van der Waals surface area (Å²) in [5.74, 6) is 0.899. The molecule has 1 heterocycles. The third-order valence-electron chi connectivity index (χ3n) is 3.32. The fourth-order valence-electron chi connectivity index (χ4n) is 2.32. The lowest BCUT2D eigenvalue weighted by molar-refractivity contribution is 0.412. The third kappa shape index (κ3) is 5.42. The summed E-state index contributed by atoms with van der Waals surface area (Å²) in [7, 11) is 0. The SMILES string of the molecule is S=C(NCCNc1ccccn1)NC1CCCCC1. The van der Waals surface area contributed by atoms with Crippen molar-refractivity contribution in [3.05, 3.63) is 24.4 Å². The second-order valence-corrected chi connectivity index (χ2v) is 5.29. The van der Waals surface area contributed by atoms with Gasteiger partial charge in [-0.2, -0.15) is 0 Å². The highest BCUT2D eigenvalue weighted by molar-refractivity contribution is 7.80. The summed E-state index contributed by atoms with van der Waals surface area (Å²) in [6, 6.07) is 6.40. The van der Waals surface area contributed by atoms with Crippen LogP contribution >= 0.6 is 12.2 Å². The van der Waals surface area contributed by atoms with Gasteiger partial charge >= 0.3 is 0 Å². The van der Waals surface area contributed by atoms with Gasteiger partial charge in [0.05, 0.1) is 0 Å². The largest absolute Gasteiger partial charge is 0.368 e. The van der Waals surface area contributed by atoms with Crippen molar-refractivity contribution in [3.8, 4) is 0 Å². The molecule has 5 heteroatoms. The number of nitrogens with zero attached hydrogens (tertiary/aromatic N) is 1. The molecule has 0 aromatic carbocycles. The molecule has 1 saturated carbocycles. The number of thiocarbonyl (C=S) groups is 1. The summed E-state index contributed by atoms with van der Waals surface area (Å²) in [6.07, 6.45) is 8.28. The molecule has 0 unspecified atom stereocenters. The number of hydrogen-bond acceptors (Lipinski definition) is 3. The van der Waals surface area contributed by atoms with E-state index in [1.807, 2.05) is 18.2 Å². The van der Waals surface area contributed by atoms with Crippen LogP contribution in [-0.4, -0.2) is 29.2 Å². The van der Waals surface area contributed by atoms with E-state index in [2.05, 4.69) is 20.9 Å². The molecule has 2 rings (SSSR count). The molecule has 0 bridgehead atoms. The van der Waals surface area contributed by atoms with Crippen molar-refractivity contribution >= 4 is 23.1 Å². The summed E-state index contributed by atoms with van der Waals surface area (Å²) in [4.78, 5) is 4.20. The van der Waals surface area contributed by atoms with Gasteiger partial charge in [-0.15, -0.1) is 0 Å². The Labute approximate surface area is 120 Å². The Balaban J connectivity index is 1.56. The Morgan fingerprint density at radius 3 is 2.79 bits per heavy atom. The van der Waals surface area contributed by atoms with Gasteiger partial charge < -0.3 is 16.0 Å². The minimum Gasteiger partial charge on any atom is -0.368 e. The lowest BCUT2D eigenvalue weighted by Crippen LogP contribution is -2.43. The molecule has 0 radical (unpaired) electrons. The quantitative estimate of drug-likeness (QED) is 0.570. The molecule has 1 fully saturated rings. The van der Waals surface area contributed by atoms with Crippen molar-refractivity contribution in [1.82, 2.24) is 15.6 Å². The fraction of sp³-hybridized carbons (Fsp3) is 0.571. The first-order chi connectivity index (χ1) is 9.34. The van der Waals surface area contributed by atoms with Crippen molar-refractivity contribution in [1.29, 1.82) is 0 Å². The monoisotopic (exact) mass is 278 g/mol. The molecule has 0 aliphatic heterocycles. The number of rotatable bonds is 5. The average Bonchev–Trinajstić information content (AvgIpc) is 2.46. The van der Waals surface area contributed by atoms with Crippen LogP contribution in [0.1, 0.15) is 32.1 Å². The summed E-state index contributed by atoms with van der Waals surface area (Å²) >= 11 is 5.30. The zero-order valence-corrected chi connectivity index (χ0v) is 12.0. The molecule has 104 valence electrons. The first-order valence-electron chi connectivity index (χ1n) is 7.04. The summed E-state index contributed by atoms with van der Waals surface area (Å²) in [6.45, 7) is 1.61. The molecule has 1 aliphatic rings. The van der Waals surface area contributed by atoms with Gasteiger partial charge in [-0.05, 0) is 37.2 Å². The number of anilines is 1. The molecule has 0 amide bonds. The minimum absolute atomic E-state index is 0.567. The van der Waals surface area contributed by atoms with Crippen LogP contribution in [0.2, 0.25) is 0 Å². The van der Waals surface area contributed by atoms with Crippen LogP contribution in [0.5, 0.6) is 0 Å². The van der Waals surface area contributed by atoms with Crippen LogP contribution in [0.15, 0.2) is 24.4 Å². The maximum absolute atomic E-state index is 5.30. The Morgan fingerprint density at radius 1 is 1.21 bits per heavy atom. The molecule has 0 atom stereocenters. The predicted octanol–water partition coefficient (Wildman–Crippen LogP) is 2.29. The fourth-order valence-corrected chi connectivity index (χ4v) is 2.59. The van der Waals surface area contributed by atoms with Gasteiger partial charge in [0.15, 0.2) is 5.11 Å². The van der Waals surface area contributed by atoms with E-state index >= 15 is 0 Å². The Kier molecular flexibility index (Phi) is 5.88. The highest BCUT2D eigenvalue weighted by Gasteiger charge is 2.13. The van der Waals surface area contributed by atoms with E-state index in [-0.39, 0.29) is 0 Å². The Morgan fingerprint density at radius 2 is 2.05 bits per heavy atom. The second-order valence-electron chi connectivity index (χ2n) is 4.88. The van der Waals surface area contributed by atoms with Crippen LogP contribution in [0, 0.1) is 0 Å². The number of pyridine rings is 1. The lowest BCUT2D eigenvalue weighted by Gasteiger charge is -2.24. The molecule has 3 N–H and O–H groups in total. The molecular formula is C14H22N4S.